The molecule has 0 aliphatic carbocycles. The zero-order valence-electron chi connectivity index (χ0n) is 12.8. The van der Waals surface area contributed by atoms with Crippen LogP contribution in [-0.4, -0.2) is 6.61 Å². The van der Waals surface area contributed by atoms with Crippen LogP contribution in [0.3, 0.4) is 0 Å². The highest BCUT2D eigenvalue weighted by atomic mass is 16.5. The van der Waals surface area contributed by atoms with Crippen LogP contribution in [0.1, 0.15) is 43.7 Å². The van der Waals surface area contributed by atoms with E-state index in [0.29, 0.717) is 0 Å². The molecule has 2 rings (SSSR count). The topological polar surface area (TPSA) is 9.23 Å². The van der Waals surface area contributed by atoms with Crippen molar-refractivity contribution in [2.24, 2.45) is 0 Å². The van der Waals surface area contributed by atoms with Crippen molar-refractivity contribution < 1.29 is 4.74 Å². The maximum absolute atomic E-state index is 6.04. The van der Waals surface area contributed by atoms with E-state index in [0.717, 1.165) is 24.4 Å². The lowest BCUT2D eigenvalue weighted by molar-refractivity contribution is 0.268. The van der Waals surface area contributed by atoms with Gasteiger partial charge in [-0.2, -0.15) is 0 Å². The molecule has 0 N–H and O–H groups in total. The molecule has 0 heterocycles. The molecule has 0 atom stereocenters. The van der Waals surface area contributed by atoms with Gasteiger partial charge in [0.25, 0.3) is 0 Å². The molecule has 0 radical (unpaired) electrons. The van der Waals surface area contributed by atoms with E-state index in [1.807, 2.05) is 12.1 Å². The third kappa shape index (κ3) is 5.47. The second kappa shape index (κ2) is 9.02. The first-order valence-electron chi connectivity index (χ1n) is 7.85. The normalized spacial score (nSPS) is 11.4. The van der Waals surface area contributed by atoms with Crippen molar-refractivity contribution >= 4 is 11.8 Å². The first kappa shape index (κ1) is 15.4. The van der Waals surface area contributed by atoms with E-state index >= 15 is 0 Å². The lowest BCUT2D eigenvalue weighted by atomic mass is 10.1. The van der Waals surface area contributed by atoms with E-state index in [1.165, 1.54) is 24.8 Å². The van der Waals surface area contributed by atoms with Gasteiger partial charge in [-0.1, -0.05) is 86.8 Å². The van der Waals surface area contributed by atoms with Crippen LogP contribution < -0.4 is 0 Å². The number of benzene rings is 2. The van der Waals surface area contributed by atoms with Crippen LogP contribution >= 0.6 is 0 Å². The first-order chi connectivity index (χ1) is 10.4. The van der Waals surface area contributed by atoms with E-state index < -0.39 is 0 Å². The lowest BCUT2D eigenvalue weighted by Gasteiger charge is -2.11. The SMILES string of the molecule is CCCCCCO/C(=C\c1ccccc1)c1ccccc1. The number of rotatable bonds is 8. The van der Waals surface area contributed by atoms with Crippen molar-refractivity contribution in [3.63, 3.8) is 0 Å². The Morgan fingerprint density at radius 2 is 1.52 bits per heavy atom. The summed E-state index contributed by atoms with van der Waals surface area (Å²) < 4.78 is 6.04. The first-order valence-corrected chi connectivity index (χ1v) is 7.85. The molecule has 110 valence electrons. The van der Waals surface area contributed by atoms with Crippen molar-refractivity contribution in [2.45, 2.75) is 32.6 Å². The largest absolute Gasteiger partial charge is 0.493 e. The summed E-state index contributed by atoms with van der Waals surface area (Å²) in [5, 5.41) is 0. The van der Waals surface area contributed by atoms with E-state index in [-0.39, 0.29) is 0 Å². The van der Waals surface area contributed by atoms with Gasteiger partial charge in [-0.05, 0) is 18.1 Å². The molecule has 0 unspecified atom stereocenters. The lowest BCUT2D eigenvalue weighted by Crippen LogP contribution is -1.95. The number of ether oxygens (including phenoxy) is 1. The minimum absolute atomic E-state index is 0.785. The molecule has 2 aromatic rings. The molecule has 1 heteroatoms. The van der Waals surface area contributed by atoms with E-state index in [9.17, 15) is 0 Å². The van der Waals surface area contributed by atoms with Crippen molar-refractivity contribution in [1.29, 1.82) is 0 Å². The average Bonchev–Trinajstić information content (AvgIpc) is 2.55. The summed E-state index contributed by atoms with van der Waals surface area (Å²) in [5.74, 6) is 0.957. The summed E-state index contributed by atoms with van der Waals surface area (Å²) in [5.41, 5.74) is 2.31. The van der Waals surface area contributed by atoms with Crippen LogP contribution in [0.4, 0.5) is 0 Å². The maximum atomic E-state index is 6.04. The highest BCUT2D eigenvalue weighted by molar-refractivity contribution is 5.77. The van der Waals surface area contributed by atoms with E-state index in [1.54, 1.807) is 0 Å². The molecular weight excluding hydrogens is 256 g/mol. The minimum Gasteiger partial charge on any atom is -0.493 e. The van der Waals surface area contributed by atoms with Crippen LogP contribution in [0.5, 0.6) is 0 Å². The standard InChI is InChI=1S/C20H24O/c1-2-3-4-11-16-21-20(19-14-9-6-10-15-19)17-18-12-7-5-8-13-18/h5-10,12-15,17H,2-4,11,16H2,1H3/b20-17-. The van der Waals surface area contributed by atoms with Crippen LogP contribution in [0, 0.1) is 0 Å². The van der Waals surface area contributed by atoms with Gasteiger partial charge in [-0.15, -0.1) is 0 Å². The Labute approximate surface area is 128 Å². The van der Waals surface area contributed by atoms with Gasteiger partial charge in [0.1, 0.15) is 5.76 Å². The van der Waals surface area contributed by atoms with Gasteiger partial charge >= 0.3 is 0 Å². The Morgan fingerprint density at radius 1 is 0.857 bits per heavy atom. The number of hydrogen-bond donors (Lipinski definition) is 0. The third-order valence-corrected chi connectivity index (χ3v) is 3.41. The van der Waals surface area contributed by atoms with Gasteiger partial charge < -0.3 is 4.74 Å². The fourth-order valence-electron chi connectivity index (χ4n) is 2.22. The molecule has 0 fully saturated rings. The Bertz CT molecular complexity index is 528. The molecule has 0 aliphatic heterocycles. The summed E-state index contributed by atoms with van der Waals surface area (Å²) in [6, 6.07) is 20.7. The molecular formula is C20H24O. The minimum atomic E-state index is 0.785. The van der Waals surface area contributed by atoms with Gasteiger partial charge in [-0.3, -0.25) is 0 Å². The zero-order chi connectivity index (χ0) is 14.8. The fraction of sp³-hybridized carbons (Fsp3) is 0.300. The van der Waals surface area contributed by atoms with E-state index in [2.05, 4.69) is 61.5 Å². The van der Waals surface area contributed by atoms with Gasteiger partial charge in [-0.25, -0.2) is 0 Å². The number of hydrogen-bond acceptors (Lipinski definition) is 1. The van der Waals surface area contributed by atoms with Gasteiger partial charge in [0.2, 0.25) is 0 Å². The van der Waals surface area contributed by atoms with Crippen molar-refractivity contribution in [2.75, 3.05) is 6.61 Å². The molecule has 0 saturated heterocycles. The molecule has 0 aromatic heterocycles. The average molecular weight is 280 g/mol. The zero-order valence-corrected chi connectivity index (χ0v) is 12.8. The third-order valence-electron chi connectivity index (χ3n) is 3.41. The molecule has 0 aliphatic rings. The predicted molar refractivity (Wildman–Crippen MR) is 90.8 cm³/mol. The quantitative estimate of drug-likeness (QED) is 0.338. The molecule has 0 amide bonds. The molecule has 0 spiro atoms. The van der Waals surface area contributed by atoms with Crippen molar-refractivity contribution in [1.82, 2.24) is 0 Å². The van der Waals surface area contributed by atoms with Crippen molar-refractivity contribution in [3.05, 3.63) is 71.8 Å². The molecule has 1 nitrogen and oxygen atoms in total. The predicted octanol–water partition coefficient (Wildman–Crippen LogP) is 5.78. The summed E-state index contributed by atoms with van der Waals surface area (Å²) in [6.45, 7) is 3.01. The Balaban J connectivity index is 2.06. The monoisotopic (exact) mass is 280 g/mol. The van der Waals surface area contributed by atoms with Gasteiger partial charge in [0, 0.05) is 5.56 Å². The second-order valence-electron chi connectivity index (χ2n) is 5.19. The summed E-state index contributed by atoms with van der Waals surface area (Å²) >= 11 is 0. The highest BCUT2D eigenvalue weighted by Crippen LogP contribution is 2.20. The Hall–Kier alpha value is -2.02. The summed E-state index contributed by atoms with van der Waals surface area (Å²) in [6.07, 6.45) is 7.02. The summed E-state index contributed by atoms with van der Waals surface area (Å²) in [4.78, 5) is 0. The smallest absolute Gasteiger partial charge is 0.127 e. The highest BCUT2D eigenvalue weighted by Gasteiger charge is 2.03. The molecule has 21 heavy (non-hydrogen) atoms. The van der Waals surface area contributed by atoms with E-state index in [4.69, 9.17) is 4.74 Å². The maximum Gasteiger partial charge on any atom is 0.127 e. The number of unbranched alkanes of at least 4 members (excludes halogenated alkanes) is 3. The van der Waals surface area contributed by atoms with Crippen LogP contribution in [0.15, 0.2) is 60.7 Å². The summed E-state index contributed by atoms with van der Waals surface area (Å²) in [7, 11) is 0. The second-order valence-corrected chi connectivity index (χ2v) is 5.19. The molecule has 2 aromatic carbocycles. The molecule has 0 saturated carbocycles. The van der Waals surface area contributed by atoms with Gasteiger partial charge in [0.05, 0.1) is 6.61 Å². The van der Waals surface area contributed by atoms with Crippen LogP contribution in [0.2, 0.25) is 0 Å². The molecule has 0 bridgehead atoms. The Kier molecular flexibility index (Phi) is 6.60. The van der Waals surface area contributed by atoms with Crippen LogP contribution in [0.25, 0.3) is 11.8 Å². The van der Waals surface area contributed by atoms with Gasteiger partial charge in [0.15, 0.2) is 0 Å². The fourth-order valence-corrected chi connectivity index (χ4v) is 2.22. The van der Waals surface area contributed by atoms with Crippen LogP contribution in [-0.2, 0) is 4.74 Å². The van der Waals surface area contributed by atoms with Crippen molar-refractivity contribution in [3.8, 4) is 0 Å². The Morgan fingerprint density at radius 3 is 2.19 bits per heavy atom.